The van der Waals surface area contributed by atoms with E-state index in [1.807, 2.05) is 72.5 Å². The second-order valence-electron chi connectivity index (χ2n) is 7.16. The predicted molar refractivity (Wildman–Crippen MR) is 138 cm³/mol. The molecule has 4 aromatic rings. The molecule has 0 aromatic heterocycles. The van der Waals surface area contributed by atoms with E-state index in [4.69, 9.17) is 0 Å². The zero-order valence-corrected chi connectivity index (χ0v) is 19.6. The van der Waals surface area contributed by atoms with Crippen LogP contribution in [0, 0.1) is 0 Å². The fourth-order valence-electron chi connectivity index (χ4n) is 4.12. The van der Waals surface area contributed by atoms with Gasteiger partial charge in [-0.25, -0.2) is 0 Å². The number of nitrogens with one attached hydrogen (secondary N) is 1. The summed E-state index contributed by atoms with van der Waals surface area (Å²) in [4.78, 5) is 25.3. The molecule has 6 rings (SSSR count). The number of hydrogen-bond donors (Lipinski definition) is 1. The van der Waals surface area contributed by atoms with Gasteiger partial charge >= 0.3 is 0 Å². The van der Waals surface area contributed by atoms with Crippen LogP contribution in [0.15, 0.2) is 72.8 Å². The zero-order chi connectivity index (χ0) is 22.0. The largest absolute Gasteiger partial charge is 0.321 e. The first kappa shape index (κ1) is 21.3. The molecule has 0 spiro atoms. The Morgan fingerprint density at radius 1 is 0.774 bits per heavy atom. The highest BCUT2D eigenvalue weighted by Gasteiger charge is 2.27. The molecule has 0 atom stereocenters. The minimum atomic E-state index is 0.00630. The van der Waals surface area contributed by atoms with Gasteiger partial charge in [-0.15, -0.1) is 0 Å². The Balaban J connectivity index is 0.000000134. The molecule has 0 saturated carbocycles. The number of carbonyl (C=O) groups excluding carboxylic acids is 2. The van der Waals surface area contributed by atoms with Gasteiger partial charge in [-0.1, -0.05) is 78.0 Å². The van der Waals surface area contributed by atoms with Gasteiger partial charge in [-0.2, -0.15) is 0 Å². The van der Waals surface area contributed by atoms with Crippen molar-refractivity contribution in [3.8, 4) is 0 Å². The number of alkyl halides is 1. The average Bonchev–Trinajstić information content (AvgIpc) is 3.26. The van der Waals surface area contributed by atoms with Crippen molar-refractivity contribution < 1.29 is 9.59 Å². The number of carbonyl (C=O) groups is 2. The summed E-state index contributed by atoms with van der Waals surface area (Å²) in [7, 11) is 0. The number of hydrogen-bond acceptors (Lipinski definition) is 2. The number of benzene rings is 4. The zero-order valence-electron chi connectivity index (χ0n) is 17.5. The molecule has 0 radical (unpaired) electrons. The lowest BCUT2D eigenvalue weighted by molar-refractivity contribution is 0.0992. The SMILES string of the molecule is CCI.CCN1C(=O)c2cccc3cccc1c23.O=C1Nc2cccc3cccc1c23. The molecule has 0 saturated heterocycles. The van der Waals surface area contributed by atoms with Crippen molar-refractivity contribution in [3.05, 3.63) is 83.9 Å². The maximum atomic E-state index is 12.0. The maximum absolute atomic E-state index is 12.0. The molecule has 0 fully saturated rings. The van der Waals surface area contributed by atoms with Crippen LogP contribution in [0.2, 0.25) is 0 Å². The van der Waals surface area contributed by atoms with E-state index in [0.29, 0.717) is 0 Å². The highest BCUT2D eigenvalue weighted by atomic mass is 127. The van der Waals surface area contributed by atoms with Crippen LogP contribution in [0.25, 0.3) is 21.5 Å². The first-order chi connectivity index (χ1) is 15.1. The third-order valence-corrected chi connectivity index (χ3v) is 5.36. The molecule has 2 heterocycles. The lowest BCUT2D eigenvalue weighted by Crippen LogP contribution is -2.25. The lowest BCUT2D eigenvalue weighted by atomic mass is 10.1. The Labute approximate surface area is 195 Å². The third-order valence-electron chi connectivity index (χ3n) is 5.36. The molecular weight excluding hydrogens is 499 g/mol. The van der Waals surface area contributed by atoms with Gasteiger partial charge in [0.2, 0.25) is 0 Å². The van der Waals surface area contributed by atoms with E-state index in [9.17, 15) is 9.59 Å². The van der Waals surface area contributed by atoms with Crippen molar-refractivity contribution in [2.45, 2.75) is 13.8 Å². The van der Waals surface area contributed by atoms with E-state index in [1.165, 1.54) is 4.43 Å². The molecule has 1 N–H and O–H groups in total. The second kappa shape index (κ2) is 9.06. The summed E-state index contributed by atoms with van der Waals surface area (Å²) in [6.07, 6.45) is 0. The van der Waals surface area contributed by atoms with Crippen LogP contribution >= 0.6 is 22.6 Å². The molecule has 0 unspecified atom stereocenters. The molecule has 31 heavy (non-hydrogen) atoms. The Morgan fingerprint density at radius 2 is 1.32 bits per heavy atom. The molecule has 2 aliphatic heterocycles. The first-order valence-corrected chi connectivity index (χ1v) is 11.9. The maximum Gasteiger partial charge on any atom is 0.258 e. The van der Waals surface area contributed by atoms with Gasteiger partial charge in [0, 0.05) is 34.1 Å². The minimum absolute atomic E-state index is 0.00630. The highest BCUT2D eigenvalue weighted by Crippen LogP contribution is 2.36. The van der Waals surface area contributed by atoms with Crippen LogP contribution in [-0.2, 0) is 0 Å². The van der Waals surface area contributed by atoms with Crippen molar-refractivity contribution in [1.29, 1.82) is 0 Å². The van der Waals surface area contributed by atoms with Gasteiger partial charge < -0.3 is 10.2 Å². The van der Waals surface area contributed by atoms with Crippen molar-refractivity contribution in [1.82, 2.24) is 0 Å². The summed E-state index contributed by atoms with van der Waals surface area (Å²) >= 11 is 2.29. The quantitative estimate of drug-likeness (QED) is 0.224. The van der Waals surface area contributed by atoms with Crippen molar-refractivity contribution in [2.75, 3.05) is 21.2 Å². The normalized spacial score (nSPS) is 12.9. The second-order valence-corrected chi connectivity index (χ2v) is 8.69. The molecule has 4 nitrogen and oxygen atoms in total. The Bertz CT molecular complexity index is 1290. The molecule has 0 bridgehead atoms. The summed E-state index contributed by atoms with van der Waals surface area (Å²) in [5.74, 6) is 0.135. The fraction of sp³-hybridized carbons (Fsp3) is 0.154. The summed E-state index contributed by atoms with van der Waals surface area (Å²) in [6.45, 7) is 4.84. The van der Waals surface area contributed by atoms with Gasteiger partial charge in [0.15, 0.2) is 0 Å². The summed E-state index contributed by atoms with van der Waals surface area (Å²) in [5.41, 5.74) is 3.60. The molecule has 4 aromatic carbocycles. The average molecular weight is 522 g/mol. The topological polar surface area (TPSA) is 49.4 Å². The highest BCUT2D eigenvalue weighted by molar-refractivity contribution is 14.1. The van der Waals surface area contributed by atoms with Crippen LogP contribution in [-0.4, -0.2) is 22.8 Å². The Morgan fingerprint density at radius 3 is 1.97 bits per heavy atom. The molecule has 5 heteroatoms. The number of anilines is 2. The monoisotopic (exact) mass is 522 g/mol. The predicted octanol–water partition coefficient (Wildman–Crippen LogP) is 6.67. The van der Waals surface area contributed by atoms with E-state index in [-0.39, 0.29) is 11.8 Å². The van der Waals surface area contributed by atoms with Crippen LogP contribution < -0.4 is 10.2 Å². The number of rotatable bonds is 1. The van der Waals surface area contributed by atoms with E-state index in [1.54, 1.807) is 0 Å². The summed E-state index contributed by atoms with van der Waals surface area (Å²) in [6, 6.07) is 23.6. The molecule has 156 valence electrons. The summed E-state index contributed by atoms with van der Waals surface area (Å²) in [5, 5.41) is 7.25. The van der Waals surface area contributed by atoms with Gasteiger partial charge in [0.05, 0.1) is 5.69 Å². The number of halogens is 1. The Hall–Kier alpha value is -2.93. The first-order valence-electron chi connectivity index (χ1n) is 10.3. The molecule has 2 amide bonds. The van der Waals surface area contributed by atoms with Crippen molar-refractivity contribution >= 4 is 67.3 Å². The van der Waals surface area contributed by atoms with Gasteiger partial charge in [0.1, 0.15) is 0 Å². The number of amides is 2. The smallest absolute Gasteiger partial charge is 0.258 e. The fourth-order valence-corrected chi connectivity index (χ4v) is 4.12. The van der Waals surface area contributed by atoms with Gasteiger partial charge in [-0.3, -0.25) is 9.59 Å². The lowest BCUT2D eigenvalue weighted by Gasteiger charge is -2.14. The van der Waals surface area contributed by atoms with E-state index < -0.39 is 0 Å². The molecule has 2 aliphatic rings. The van der Waals surface area contributed by atoms with Crippen LogP contribution in [0.5, 0.6) is 0 Å². The molecule has 0 aliphatic carbocycles. The van der Waals surface area contributed by atoms with E-state index in [2.05, 4.69) is 47.0 Å². The van der Waals surface area contributed by atoms with Crippen LogP contribution in [0.1, 0.15) is 34.6 Å². The minimum Gasteiger partial charge on any atom is -0.321 e. The van der Waals surface area contributed by atoms with Crippen molar-refractivity contribution in [2.24, 2.45) is 0 Å². The van der Waals surface area contributed by atoms with Crippen LogP contribution in [0.3, 0.4) is 0 Å². The van der Waals surface area contributed by atoms with Crippen molar-refractivity contribution in [3.63, 3.8) is 0 Å². The Kier molecular flexibility index (Phi) is 6.23. The van der Waals surface area contributed by atoms with Gasteiger partial charge in [-0.05, 0) is 46.4 Å². The number of nitrogens with zero attached hydrogens (tertiary/aromatic N) is 1. The molecular formula is C26H23IN2O2. The summed E-state index contributed by atoms with van der Waals surface area (Å²) < 4.78 is 1.22. The van der Waals surface area contributed by atoms with Crippen LogP contribution in [0.4, 0.5) is 11.4 Å². The van der Waals surface area contributed by atoms with Gasteiger partial charge in [0.25, 0.3) is 11.8 Å². The van der Waals surface area contributed by atoms with E-state index >= 15 is 0 Å². The van der Waals surface area contributed by atoms with E-state index in [0.717, 1.165) is 50.6 Å². The third kappa shape index (κ3) is 3.78. The standard InChI is InChI=1S/C13H11NO.C11H7NO.C2H5I/c1-2-14-11-8-4-6-9-5-3-7-10(12(9)11)13(14)15;13-11-8-5-1-3-7-4-2-6-9(12-11)10(7)8;1-2-3/h3-8H,2H2,1H3;1-6H,(H,12,13);2H2,1H3.